The van der Waals surface area contributed by atoms with Crippen molar-refractivity contribution < 1.29 is 14.7 Å². The number of rotatable bonds is 4. The number of carbonyl (C=O) groups excluding carboxylic acids is 1. The first kappa shape index (κ1) is 16.2. The summed E-state index contributed by atoms with van der Waals surface area (Å²) in [6, 6.07) is 15.6. The van der Waals surface area contributed by atoms with Crippen LogP contribution in [0.4, 0.5) is 5.00 Å². The summed E-state index contributed by atoms with van der Waals surface area (Å²) in [5, 5.41) is 14.8. The number of benzene rings is 2. The van der Waals surface area contributed by atoms with Crippen LogP contribution in [0.3, 0.4) is 0 Å². The van der Waals surface area contributed by atoms with Gasteiger partial charge in [-0.3, -0.25) is 4.79 Å². The average Bonchev–Trinajstić information content (AvgIpc) is 2.99. The summed E-state index contributed by atoms with van der Waals surface area (Å²) in [6.45, 7) is 0. The highest BCUT2D eigenvalue weighted by Gasteiger charge is 2.21. The SMILES string of the molecule is O=C(Nc1scc(-c2cccc(Cl)c2)c1C(=O)O)c1ccccc1. The fourth-order valence-electron chi connectivity index (χ4n) is 2.30. The highest BCUT2D eigenvalue weighted by molar-refractivity contribution is 7.15. The van der Waals surface area contributed by atoms with Crippen molar-refractivity contribution >= 4 is 39.8 Å². The number of aromatic carboxylic acids is 1. The van der Waals surface area contributed by atoms with Crippen molar-refractivity contribution in [2.75, 3.05) is 5.32 Å². The zero-order chi connectivity index (χ0) is 17.1. The standard InChI is InChI=1S/C18H12ClNO3S/c19-13-8-4-7-12(9-13)14-10-24-17(15(14)18(22)23)20-16(21)11-5-2-1-3-6-11/h1-10H,(H,20,21)(H,22,23). The van der Waals surface area contributed by atoms with E-state index in [1.165, 1.54) is 11.3 Å². The minimum absolute atomic E-state index is 0.0616. The molecule has 1 aromatic heterocycles. The number of amides is 1. The van der Waals surface area contributed by atoms with Crippen molar-refractivity contribution in [3.05, 3.63) is 76.1 Å². The van der Waals surface area contributed by atoms with Gasteiger partial charge in [0.25, 0.3) is 5.91 Å². The Morgan fingerprint density at radius 2 is 1.79 bits per heavy atom. The topological polar surface area (TPSA) is 66.4 Å². The van der Waals surface area contributed by atoms with Crippen LogP contribution in [-0.4, -0.2) is 17.0 Å². The number of carboxylic acids is 1. The van der Waals surface area contributed by atoms with Crippen molar-refractivity contribution in [2.45, 2.75) is 0 Å². The summed E-state index contributed by atoms with van der Waals surface area (Å²) in [6.07, 6.45) is 0. The van der Waals surface area contributed by atoms with Crippen LogP contribution in [0, 0.1) is 0 Å². The van der Waals surface area contributed by atoms with Crippen LogP contribution < -0.4 is 5.32 Å². The lowest BCUT2D eigenvalue weighted by molar-refractivity contribution is 0.0699. The Kier molecular flexibility index (Phi) is 4.64. The molecule has 0 fully saturated rings. The van der Waals surface area contributed by atoms with Gasteiger partial charge < -0.3 is 10.4 Å². The van der Waals surface area contributed by atoms with E-state index in [2.05, 4.69) is 5.32 Å². The van der Waals surface area contributed by atoms with E-state index in [0.717, 1.165) is 0 Å². The van der Waals surface area contributed by atoms with E-state index in [9.17, 15) is 14.7 Å². The lowest BCUT2D eigenvalue weighted by Crippen LogP contribution is -2.13. The summed E-state index contributed by atoms with van der Waals surface area (Å²) >= 11 is 7.16. The van der Waals surface area contributed by atoms with E-state index in [1.807, 2.05) is 6.07 Å². The number of anilines is 1. The van der Waals surface area contributed by atoms with Crippen LogP contribution in [0.5, 0.6) is 0 Å². The molecule has 2 aromatic carbocycles. The average molecular weight is 358 g/mol. The van der Waals surface area contributed by atoms with E-state index in [0.29, 0.717) is 26.7 Å². The highest BCUT2D eigenvalue weighted by Crippen LogP contribution is 2.36. The molecule has 1 amide bonds. The largest absolute Gasteiger partial charge is 0.478 e. The molecule has 6 heteroatoms. The molecule has 0 saturated carbocycles. The van der Waals surface area contributed by atoms with Crippen molar-refractivity contribution in [2.24, 2.45) is 0 Å². The molecular formula is C18H12ClNO3S. The van der Waals surface area contributed by atoms with Gasteiger partial charge in [0.05, 0.1) is 0 Å². The molecule has 0 aliphatic heterocycles. The molecule has 24 heavy (non-hydrogen) atoms. The van der Waals surface area contributed by atoms with E-state index in [-0.39, 0.29) is 11.5 Å². The number of hydrogen-bond donors (Lipinski definition) is 2. The van der Waals surface area contributed by atoms with Crippen molar-refractivity contribution in [3.8, 4) is 11.1 Å². The Bertz CT molecular complexity index is 906. The van der Waals surface area contributed by atoms with E-state index in [1.54, 1.807) is 53.9 Å². The first-order valence-corrected chi connectivity index (χ1v) is 8.29. The Morgan fingerprint density at radius 1 is 1.04 bits per heavy atom. The second-order valence-electron chi connectivity index (χ2n) is 4.99. The molecule has 0 aliphatic carbocycles. The van der Waals surface area contributed by atoms with Gasteiger partial charge in [0, 0.05) is 21.5 Å². The number of carbonyl (C=O) groups is 2. The Hall–Kier alpha value is -2.63. The lowest BCUT2D eigenvalue weighted by Gasteiger charge is -2.06. The highest BCUT2D eigenvalue weighted by atomic mass is 35.5. The molecule has 0 saturated heterocycles. The van der Waals surface area contributed by atoms with E-state index >= 15 is 0 Å². The van der Waals surface area contributed by atoms with Gasteiger partial charge in [-0.25, -0.2) is 4.79 Å². The Morgan fingerprint density at radius 3 is 2.46 bits per heavy atom. The van der Waals surface area contributed by atoms with Gasteiger partial charge in [0.1, 0.15) is 10.6 Å². The van der Waals surface area contributed by atoms with Crippen LogP contribution in [0.2, 0.25) is 5.02 Å². The Labute approximate surface area is 147 Å². The number of hydrogen-bond acceptors (Lipinski definition) is 3. The molecule has 0 atom stereocenters. The molecule has 120 valence electrons. The van der Waals surface area contributed by atoms with Crippen LogP contribution in [0.1, 0.15) is 20.7 Å². The third-order valence-electron chi connectivity index (χ3n) is 3.40. The molecule has 4 nitrogen and oxygen atoms in total. The molecule has 0 unspecified atom stereocenters. The van der Waals surface area contributed by atoms with Crippen LogP contribution in [0.15, 0.2) is 60.0 Å². The van der Waals surface area contributed by atoms with Gasteiger partial charge in [0.2, 0.25) is 0 Å². The summed E-state index contributed by atoms with van der Waals surface area (Å²) in [5.41, 5.74) is 1.74. The third kappa shape index (κ3) is 3.32. The first-order valence-electron chi connectivity index (χ1n) is 7.03. The molecule has 2 N–H and O–H groups in total. The lowest BCUT2D eigenvalue weighted by atomic mass is 10.0. The molecule has 0 aliphatic rings. The van der Waals surface area contributed by atoms with Gasteiger partial charge >= 0.3 is 5.97 Å². The second kappa shape index (κ2) is 6.86. The Balaban J connectivity index is 1.98. The quantitative estimate of drug-likeness (QED) is 0.689. The van der Waals surface area contributed by atoms with Crippen LogP contribution in [-0.2, 0) is 0 Å². The van der Waals surface area contributed by atoms with Gasteiger partial charge in [-0.1, -0.05) is 41.9 Å². The van der Waals surface area contributed by atoms with E-state index < -0.39 is 5.97 Å². The smallest absolute Gasteiger partial charge is 0.339 e. The van der Waals surface area contributed by atoms with Gasteiger partial charge in [-0.05, 0) is 29.8 Å². The minimum Gasteiger partial charge on any atom is -0.478 e. The normalized spacial score (nSPS) is 10.4. The second-order valence-corrected chi connectivity index (χ2v) is 6.31. The molecule has 3 aromatic rings. The molecular weight excluding hydrogens is 346 g/mol. The maximum absolute atomic E-state index is 12.3. The number of nitrogens with one attached hydrogen (secondary N) is 1. The zero-order valence-corrected chi connectivity index (χ0v) is 13.9. The predicted molar refractivity (Wildman–Crippen MR) is 96.1 cm³/mol. The molecule has 0 radical (unpaired) electrons. The first-order chi connectivity index (χ1) is 11.6. The summed E-state index contributed by atoms with van der Waals surface area (Å²) < 4.78 is 0. The third-order valence-corrected chi connectivity index (χ3v) is 4.53. The molecule has 1 heterocycles. The van der Waals surface area contributed by atoms with Crippen LogP contribution in [0.25, 0.3) is 11.1 Å². The van der Waals surface area contributed by atoms with E-state index in [4.69, 9.17) is 11.6 Å². The maximum Gasteiger partial charge on any atom is 0.339 e. The zero-order valence-electron chi connectivity index (χ0n) is 12.3. The van der Waals surface area contributed by atoms with Gasteiger partial charge in [-0.2, -0.15) is 0 Å². The fraction of sp³-hybridized carbons (Fsp3) is 0. The van der Waals surface area contributed by atoms with Crippen molar-refractivity contribution in [1.29, 1.82) is 0 Å². The van der Waals surface area contributed by atoms with Gasteiger partial charge in [-0.15, -0.1) is 11.3 Å². The molecule has 0 spiro atoms. The predicted octanol–water partition coefficient (Wildman–Crippen LogP) is 5.02. The summed E-state index contributed by atoms with van der Waals surface area (Å²) in [5.74, 6) is -1.45. The van der Waals surface area contributed by atoms with Crippen molar-refractivity contribution in [3.63, 3.8) is 0 Å². The summed E-state index contributed by atoms with van der Waals surface area (Å²) in [7, 11) is 0. The summed E-state index contributed by atoms with van der Waals surface area (Å²) in [4.78, 5) is 24.0. The number of thiophene rings is 1. The van der Waals surface area contributed by atoms with Crippen molar-refractivity contribution in [1.82, 2.24) is 0 Å². The fourth-order valence-corrected chi connectivity index (χ4v) is 3.44. The molecule has 3 rings (SSSR count). The van der Waals surface area contributed by atoms with Gasteiger partial charge in [0.15, 0.2) is 0 Å². The number of carboxylic acid groups (broad SMARTS) is 1. The number of halogens is 1. The minimum atomic E-state index is -1.10. The van der Waals surface area contributed by atoms with Crippen LogP contribution >= 0.6 is 22.9 Å². The molecule has 0 bridgehead atoms. The monoisotopic (exact) mass is 357 g/mol. The maximum atomic E-state index is 12.3.